The fraction of sp³-hybridized carbons (Fsp3) is 0.923. The molecule has 0 unspecified atom stereocenters. The molecule has 0 spiro atoms. The Kier molecular flexibility index (Phi) is 10.4. The van der Waals surface area contributed by atoms with Gasteiger partial charge >= 0.3 is 0 Å². The van der Waals surface area contributed by atoms with Crippen LogP contribution in [0.1, 0.15) is 0 Å². The number of likely N-dealkylation sites (N-methyl/N-ethyl adjacent to an activating group) is 1. The number of amides is 1. The summed E-state index contributed by atoms with van der Waals surface area (Å²) in [5.74, 6) is 0.0594. The predicted octanol–water partition coefficient (Wildman–Crippen LogP) is -2.59. The van der Waals surface area contributed by atoms with Crippen LogP contribution in [0.15, 0.2) is 0 Å². The number of nitrogens with zero attached hydrogens (tertiary/aromatic N) is 1. The molecular formula is C13H30N6O. The second kappa shape index (κ2) is 12.0. The monoisotopic (exact) mass is 286 g/mol. The van der Waals surface area contributed by atoms with Gasteiger partial charge in [0, 0.05) is 65.4 Å². The standard InChI is InChI=1S/C13H30N6O/c1-14-12-13(20)18-8-11-19-9-6-16-4-2-15-3-5-17-7-10-19/h14-17H,2-12H2,1H3,(H,18,20). The SMILES string of the molecule is CNCC(=O)NCCN1CCNCCNCCNCC1. The van der Waals surface area contributed by atoms with Crippen molar-refractivity contribution in [3.05, 3.63) is 0 Å². The highest BCUT2D eigenvalue weighted by molar-refractivity contribution is 5.77. The second-order valence-corrected chi connectivity index (χ2v) is 4.97. The molecule has 1 aliphatic rings. The molecule has 0 aromatic carbocycles. The van der Waals surface area contributed by atoms with Gasteiger partial charge in [-0.1, -0.05) is 0 Å². The third-order valence-electron chi connectivity index (χ3n) is 3.25. The lowest BCUT2D eigenvalue weighted by molar-refractivity contribution is -0.120. The Balaban J connectivity index is 2.19. The van der Waals surface area contributed by atoms with Gasteiger partial charge < -0.3 is 26.6 Å². The maximum Gasteiger partial charge on any atom is 0.233 e. The average Bonchev–Trinajstić information content (AvgIpc) is 2.41. The molecule has 7 nitrogen and oxygen atoms in total. The van der Waals surface area contributed by atoms with Crippen LogP contribution in [0.4, 0.5) is 0 Å². The van der Waals surface area contributed by atoms with Gasteiger partial charge in [-0.2, -0.15) is 0 Å². The Labute approximate surface area is 122 Å². The number of nitrogens with one attached hydrogen (secondary N) is 5. The van der Waals surface area contributed by atoms with Crippen molar-refractivity contribution in [1.29, 1.82) is 0 Å². The van der Waals surface area contributed by atoms with Crippen molar-refractivity contribution in [2.75, 3.05) is 79.0 Å². The maximum absolute atomic E-state index is 11.4. The van der Waals surface area contributed by atoms with Gasteiger partial charge in [0.05, 0.1) is 6.54 Å². The van der Waals surface area contributed by atoms with Crippen molar-refractivity contribution >= 4 is 5.91 Å². The Morgan fingerprint density at radius 1 is 1.00 bits per heavy atom. The summed E-state index contributed by atoms with van der Waals surface area (Å²) >= 11 is 0. The maximum atomic E-state index is 11.4. The molecule has 1 aliphatic heterocycles. The molecule has 1 saturated heterocycles. The van der Waals surface area contributed by atoms with Crippen LogP contribution in [0.5, 0.6) is 0 Å². The quantitative estimate of drug-likeness (QED) is 0.382. The van der Waals surface area contributed by atoms with Gasteiger partial charge in [0.15, 0.2) is 0 Å². The van der Waals surface area contributed by atoms with Crippen LogP contribution in [0.3, 0.4) is 0 Å². The van der Waals surface area contributed by atoms with E-state index in [4.69, 9.17) is 0 Å². The van der Waals surface area contributed by atoms with Crippen molar-refractivity contribution in [2.45, 2.75) is 0 Å². The lowest BCUT2D eigenvalue weighted by atomic mass is 10.4. The fourth-order valence-electron chi connectivity index (χ4n) is 2.11. The molecule has 0 aromatic rings. The van der Waals surface area contributed by atoms with Crippen LogP contribution in [0.25, 0.3) is 0 Å². The topological polar surface area (TPSA) is 80.5 Å². The van der Waals surface area contributed by atoms with E-state index < -0.39 is 0 Å². The van der Waals surface area contributed by atoms with Gasteiger partial charge in [0.25, 0.3) is 0 Å². The Morgan fingerprint density at radius 2 is 1.55 bits per heavy atom. The molecule has 0 atom stereocenters. The van der Waals surface area contributed by atoms with E-state index in [9.17, 15) is 4.79 Å². The van der Waals surface area contributed by atoms with E-state index in [1.807, 2.05) is 0 Å². The minimum Gasteiger partial charge on any atom is -0.354 e. The summed E-state index contributed by atoms with van der Waals surface area (Å²) < 4.78 is 0. The Morgan fingerprint density at radius 3 is 2.10 bits per heavy atom. The summed E-state index contributed by atoms with van der Waals surface area (Å²) in [6.45, 7) is 10.1. The third kappa shape index (κ3) is 9.22. The minimum absolute atomic E-state index is 0.0594. The molecule has 1 fully saturated rings. The molecule has 20 heavy (non-hydrogen) atoms. The van der Waals surface area contributed by atoms with E-state index in [1.165, 1.54) is 0 Å². The lowest BCUT2D eigenvalue weighted by Crippen LogP contribution is -2.44. The Hall–Kier alpha value is -0.730. The first-order valence-electron chi connectivity index (χ1n) is 7.58. The van der Waals surface area contributed by atoms with Crippen LogP contribution in [0, 0.1) is 0 Å². The van der Waals surface area contributed by atoms with Gasteiger partial charge in [0.2, 0.25) is 5.91 Å². The molecule has 0 bridgehead atoms. The summed E-state index contributed by atoms with van der Waals surface area (Å²) in [6.07, 6.45) is 0. The number of hydrogen-bond donors (Lipinski definition) is 5. The highest BCUT2D eigenvalue weighted by Crippen LogP contribution is 1.86. The molecular weight excluding hydrogens is 256 g/mol. The molecule has 0 aromatic heterocycles. The van der Waals surface area contributed by atoms with Crippen LogP contribution in [-0.2, 0) is 4.79 Å². The van der Waals surface area contributed by atoms with E-state index >= 15 is 0 Å². The molecule has 0 saturated carbocycles. The smallest absolute Gasteiger partial charge is 0.233 e. The predicted molar refractivity (Wildman–Crippen MR) is 82.0 cm³/mol. The van der Waals surface area contributed by atoms with E-state index in [0.717, 1.165) is 58.9 Å². The minimum atomic E-state index is 0.0594. The van der Waals surface area contributed by atoms with Crippen LogP contribution >= 0.6 is 0 Å². The first kappa shape index (κ1) is 17.3. The van der Waals surface area contributed by atoms with E-state index in [-0.39, 0.29) is 5.91 Å². The van der Waals surface area contributed by atoms with Gasteiger partial charge in [-0.05, 0) is 7.05 Å². The van der Waals surface area contributed by atoms with Gasteiger partial charge in [-0.25, -0.2) is 0 Å². The van der Waals surface area contributed by atoms with E-state index in [1.54, 1.807) is 7.05 Å². The van der Waals surface area contributed by atoms with Crippen molar-refractivity contribution in [3.8, 4) is 0 Å². The molecule has 0 radical (unpaired) electrons. The highest BCUT2D eigenvalue weighted by Gasteiger charge is 2.06. The molecule has 7 heteroatoms. The number of carbonyl (C=O) groups is 1. The summed E-state index contributed by atoms with van der Waals surface area (Å²) in [5, 5.41) is 16.0. The van der Waals surface area contributed by atoms with Gasteiger partial charge in [-0.3, -0.25) is 9.69 Å². The van der Waals surface area contributed by atoms with Crippen LogP contribution in [0.2, 0.25) is 0 Å². The fourth-order valence-corrected chi connectivity index (χ4v) is 2.11. The number of carbonyl (C=O) groups excluding carboxylic acids is 1. The molecule has 1 heterocycles. The zero-order valence-electron chi connectivity index (χ0n) is 12.6. The van der Waals surface area contributed by atoms with Gasteiger partial charge in [-0.15, -0.1) is 0 Å². The molecule has 1 rings (SSSR count). The van der Waals surface area contributed by atoms with Crippen LogP contribution in [-0.4, -0.2) is 89.8 Å². The van der Waals surface area contributed by atoms with Crippen molar-refractivity contribution in [3.63, 3.8) is 0 Å². The van der Waals surface area contributed by atoms with Crippen molar-refractivity contribution in [1.82, 2.24) is 31.5 Å². The Bertz CT molecular complexity index is 239. The number of hydrogen-bond acceptors (Lipinski definition) is 6. The van der Waals surface area contributed by atoms with Crippen LogP contribution < -0.4 is 26.6 Å². The van der Waals surface area contributed by atoms with Crippen molar-refractivity contribution < 1.29 is 4.79 Å². The van der Waals surface area contributed by atoms with Crippen molar-refractivity contribution in [2.24, 2.45) is 0 Å². The number of rotatable bonds is 5. The highest BCUT2D eigenvalue weighted by atomic mass is 16.1. The first-order valence-corrected chi connectivity index (χ1v) is 7.58. The molecule has 5 N–H and O–H groups in total. The summed E-state index contributed by atoms with van der Waals surface area (Å²) in [4.78, 5) is 13.8. The molecule has 1 amide bonds. The zero-order chi connectivity index (χ0) is 14.5. The summed E-state index contributed by atoms with van der Waals surface area (Å²) in [5.41, 5.74) is 0. The lowest BCUT2D eigenvalue weighted by Gasteiger charge is -2.23. The zero-order valence-corrected chi connectivity index (χ0v) is 12.6. The van der Waals surface area contributed by atoms with E-state index in [0.29, 0.717) is 13.1 Å². The molecule has 118 valence electrons. The second-order valence-electron chi connectivity index (χ2n) is 4.97. The first-order chi connectivity index (χ1) is 9.83. The van der Waals surface area contributed by atoms with Gasteiger partial charge in [0.1, 0.15) is 0 Å². The average molecular weight is 286 g/mol. The largest absolute Gasteiger partial charge is 0.354 e. The summed E-state index contributed by atoms with van der Waals surface area (Å²) in [6, 6.07) is 0. The molecule has 0 aliphatic carbocycles. The van der Waals surface area contributed by atoms with E-state index in [2.05, 4.69) is 31.5 Å². The summed E-state index contributed by atoms with van der Waals surface area (Å²) in [7, 11) is 1.78. The third-order valence-corrected chi connectivity index (χ3v) is 3.25. The normalized spacial score (nSPS) is 19.9.